The molecular weight excluding hydrogens is 288 g/mol. The fourth-order valence-electron chi connectivity index (χ4n) is 2.16. The normalized spacial score (nSPS) is 10.8. The van der Waals surface area contributed by atoms with Gasteiger partial charge in [0.25, 0.3) is 0 Å². The Balaban J connectivity index is 2.27. The Labute approximate surface area is 126 Å². The number of pyridine rings is 1. The van der Waals surface area contributed by atoms with Crippen LogP contribution in [-0.4, -0.2) is 22.0 Å². The number of hydrogen-bond acceptors (Lipinski definition) is 6. The summed E-state index contributed by atoms with van der Waals surface area (Å²) >= 11 is 6.07. The van der Waals surface area contributed by atoms with Gasteiger partial charge in [-0.05, 0) is 29.8 Å². The molecule has 7 heteroatoms. The number of halogens is 1. The lowest BCUT2D eigenvalue weighted by atomic mass is 10.0. The Morgan fingerprint density at radius 1 is 1.10 bits per heavy atom. The zero-order valence-corrected chi connectivity index (χ0v) is 12.0. The maximum absolute atomic E-state index is 6.07. The van der Waals surface area contributed by atoms with Crippen molar-refractivity contribution < 1.29 is 0 Å². The highest BCUT2D eigenvalue weighted by molar-refractivity contribution is 6.31. The number of aromatic nitrogens is 3. The second-order valence-corrected chi connectivity index (χ2v) is 4.99. The average Bonchev–Trinajstić information content (AvgIpc) is 2.44. The highest BCUT2D eigenvalue weighted by Gasteiger charge is 2.11. The number of benzene rings is 1. The van der Waals surface area contributed by atoms with Crippen LogP contribution in [0.5, 0.6) is 0 Å². The first-order valence-electron chi connectivity index (χ1n) is 6.24. The summed E-state index contributed by atoms with van der Waals surface area (Å²) < 4.78 is 0. The van der Waals surface area contributed by atoms with Crippen LogP contribution < -0.4 is 16.8 Å². The lowest BCUT2D eigenvalue weighted by Crippen LogP contribution is -2.00. The standard InChI is InChI=1S/C14H13ClN6/c1-18-13-11(7-2-9(15)5-10(16)3-7)4-8-6-19-14(17)21-12(8)20-13/h2-6H,16H2,1H3,(H3,17,18,19,20,21). The molecule has 5 N–H and O–H groups in total. The largest absolute Gasteiger partial charge is 0.399 e. The zero-order chi connectivity index (χ0) is 15.0. The SMILES string of the molecule is CNc1nc2nc(N)ncc2cc1-c1cc(N)cc(Cl)c1. The molecule has 0 amide bonds. The summed E-state index contributed by atoms with van der Waals surface area (Å²) in [6.45, 7) is 0. The number of hydrogen-bond donors (Lipinski definition) is 3. The molecule has 3 aromatic rings. The van der Waals surface area contributed by atoms with Gasteiger partial charge >= 0.3 is 0 Å². The van der Waals surface area contributed by atoms with Gasteiger partial charge in [-0.25, -0.2) is 9.97 Å². The molecule has 106 valence electrons. The summed E-state index contributed by atoms with van der Waals surface area (Å²) in [5.41, 5.74) is 14.3. The molecule has 0 saturated heterocycles. The molecule has 6 nitrogen and oxygen atoms in total. The monoisotopic (exact) mass is 300 g/mol. The molecule has 1 aromatic carbocycles. The highest BCUT2D eigenvalue weighted by atomic mass is 35.5. The van der Waals surface area contributed by atoms with Crippen LogP contribution in [0.25, 0.3) is 22.2 Å². The molecular formula is C14H13ClN6. The van der Waals surface area contributed by atoms with Crippen LogP contribution in [0.4, 0.5) is 17.5 Å². The minimum Gasteiger partial charge on any atom is -0.399 e. The first-order chi connectivity index (χ1) is 10.1. The molecule has 0 unspecified atom stereocenters. The Bertz CT molecular complexity index is 813. The lowest BCUT2D eigenvalue weighted by Gasteiger charge is -2.11. The van der Waals surface area contributed by atoms with Crippen molar-refractivity contribution in [3.63, 3.8) is 0 Å². The first kappa shape index (κ1) is 13.4. The van der Waals surface area contributed by atoms with Gasteiger partial charge < -0.3 is 16.8 Å². The van der Waals surface area contributed by atoms with Crippen molar-refractivity contribution in [2.75, 3.05) is 23.8 Å². The van der Waals surface area contributed by atoms with E-state index in [1.807, 2.05) is 18.2 Å². The molecule has 2 heterocycles. The van der Waals surface area contributed by atoms with E-state index in [0.29, 0.717) is 22.2 Å². The molecule has 0 radical (unpaired) electrons. The predicted molar refractivity (Wildman–Crippen MR) is 86.2 cm³/mol. The molecule has 0 fully saturated rings. The molecule has 2 aromatic heterocycles. The van der Waals surface area contributed by atoms with E-state index in [1.54, 1.807) is 19.3 Å². The third-order valence-electron chi connectivity index (χ3n) is 3.06. The average molecular weight is 301 g/mol. The van der Waals surface area contributed by atoms with Gasteiger partial charge in [-0.1, -0.05) is 11.6 Å². The minimum absolute atomic E-state index is 0.191. The van der Waals surface area contributed by atoms with E-state index in [-0.39, 0.29) is 5.95 Å². The Morgan fingerprint density at radius 2 is 1.90 bits per heavy atom. The number of anilines is 3. The zero-order valence-electron chi connectivity index (χ0n) is 11.3. The van der Waals surface area contributed by atoms with Gasteiger partial charge in [-0.15, -0.1) is 0 Å². The van der Waals surface area contributed by atoms with E-state index in [4.69, 9.17) is 23.1 Å². The number of nitrogens with zero attached hydrogens (tertiary/aromatic N) is 3. The second-order valence-electron chi connectivity index (χ2n) is 4.55. The van der Waals surface area contributed by atoms with Crippen LogP contribution in [0.3, 0.4) is 0 Å². The second kappa shape index (κ2) is 5.06. The molecule has 0 aliphatic rings. The summed E-state index contributed by atoms with van der Waals surface area (Å²) in [4.78, 5) is 12.6. The minimum atomic E-state index is 0.191. The van der Waals surface area contributed by atoms with Crippen molar-refractivity contribution in [3.8, 4) is 11.1 Å². The van der Waals surface area contributed by atoms with Gasteiger partial charge in [0.1, 0.15) is 5.82 Å². The molecule has 0 bridgehead atoms. The van der Waals surface area contributed by atoms with Crippen LogP contribution in [0.15, 0.2) is 30.5 Å². The smallest absolute Gasteiger partial charge is 0.222 e. The third kappa shape index (κ3) is 2.53. The number of nitrogens with one attached hydrogen (secondary N) is 1. The van der Waals surface area contributed by atoms with Crippen molar-refractivity contribution >= 4 is 40.1 Å². The van der Waals surface area contributed by atoms with Crippen LogP contribution in [0, 0.1) is 0 Å². The van der Waals surface area contributed by atoms with Crippen LogP contribution in [0.2, 0.25) is 5.02 Å². The quantitative estimate of drug-likeness (QED) is 0.628. The van der Waals surface area contributed by atoms with Gasteiger partial charge in [0.15, 0.2) is 5.65 Å². The van der Waals surface area contributed by atoms with Crippen LogP contribution >= 0.6 is 11.6 Å². The lowest BCUT2D eigenvalue weighted by molar-refractivity contribution is 1.19. The van der Waals surface area contributed by atoms with Crippen LogP contribution in [-0.2, 0) is 0 Å². The molecule has 0 atom stereocenters. The summed E-state index contributed by atoms with van der Waals surface area (Å²) in [6.07, 6.45) is 1.64. The van der Waals surface area contributed by atoms with Gasteiger partial charge in [0.2, 0.25) is 5.95 Å². The van der Waals surface area contributed by atoms with Gasteiger partial charge in [0, 0.05) is 34.9 Å². The maximum atomic E-state index is 6.07. The summed E-state index contributed by atoms with van der Waals surface area (Å²) in [5, 5.41) is 4.41. The topological polar surface area (TPSA) is 103 Å². The molecule has 0 aliphatic carbocycles. The van der Waals surface area contributed by atoms with E-state index >= 15 is 0 Å². The molecule has 21 heavy (non-hydrogen) atoms. The fraction of sp³-hybridized carbons (Fsp3) is 0.0714. The number of nitrogen functional groups attached to an aromatic ring is 2. The van der Waals surface area contributed by atoms with Crippen LogP contribution in [0.1, 0.15) is 0 Å². The molecule has 0 aliphatic heterocycles. The third-order valence-corrected chi connectivity index (χ3v) is 3.27. The summed E-state index contributed by atoms with van der Waals surface area (Å²) in [6, 6.07) is 7.30. The van der Waals surface area contributed by atoms with Gasteiger partial charge in [-0.3, -0.25) is 0 Å². The van der Waals surface area contributed by atoms with E-state index < -0.39 is 0 Å². The van der Waals surface area contributed by atoms with Gasteiger partial charge in [0.05, 0.1) is 0 Å². The molecule has 0 saturated carbocycles. The van der Waals surface area contributed by atoms with Crippen molar-refractivity contribution in [1.29, 1.82) is 0 Å². The number of rotatable bonds is 2. The fourth-order valence-corrected chi connectivity index (χ4v) is 2.40. The molecule has 0 spiro atoms. The number of nitrogens with two attached hydrogens (primary N) is 2. The number of fused-ring (bicyclic) bond motifs is 1. The molecule has 3 rings (SSSR count). The Hall–Kier alpha value is -2.60. The van der Waals surface area contributed by atoms with E-state index in [0.717, 1.165) is 16.5 Å². The van der Waals surface area contributed by atoms with E-state index in [1.165, 1.54) is 0 Å². The van der Waals surface area contributed by atoms with Crippen molar-refractivity contribution in [2.45, 2.75) is 0 Å². The maximum Gasteiger partial charge on any atom is 0.222 e. The van der Waals surface area contributed by atoms with Gasteiger partial charge in [-0.2, -0.15) is 4.98 Å². The first-order valence-corrected chi connectivity index (χ1v) is 6.62. The Morgan fingerprint density at radius 3 is 2.62 bits per heavy atom. The summed E-state index contributed by atoms with van der Waals surface area (Å²) in [7, 11) is 1.79. The van der Waals surface area contributed by atoms with Crippen molar-refractivity contribution in [2.24, 2.45) is 0 Å². The summed E-state index contributed by atoms with van der Waals surface area (Å²) in [5.74, 6) is 0.860. The van der Waals surface area contributed by atoms with E-state index in [2.05, 4.69) is 20.3 Å². The van der Waals surface area contributed by atoms with Crippen molar-refractivity contribution in [1.82, 2.24) is 15.0 Å². The van der Waals surface area contributed by atoms with Crippen molar-refractivity contribution in [3.05, 3.63) is 35.5 Å². The highest BCUT2D eigenvalue weighted by Crippen LogP contribution is 2.32. The van der Waals surface area contributed by atoms with E-state index in [9.17, 15) is 0 Å². The predicted octanol–water partition coefficient (Wildman–Crippen LogP) is 2.55. The Kier molecular flexibility index (Phi) is 3.23.